The topological polar surface area (TPSA) is 56.2 Å². The molecule has 0 spiro atoms. The summed E-state index contributed by atoms with van der Waals surface area (Å²) in [5.41, 5.74) is 5.51. The SMILES string of the molecule is NCC1(Cc2nnc3ccc(C(F)(F)F)cn23)CCC1. The van der Waals surface area contributed by atoms with Gasteiger partial charge in [0.25, 0.3) is 0 Å². The summed E-state index contributed by atoms with van der Waals surface area (Å²) in [5.74, 6) is 0.552. The van der Waals surface area contributed by atoms with Crippen LogP contribution in [-0.2, 0) is 12.6 Å². The molecule has 4 nitrogen and oxygen atoms in total. The molecule has 20 heavy (non-hydrogen) atoms. The van der Waals surface area contributed by atoms with Crippen LogP contribution in [0.3, 0.4) is 0 Å². The first-order chi connectivity index (χ1) is 9.43. The van der Waals surface area contributed by atoms with Crippen LogP contribution in [-0.4, -0.2) is 21.1 Å². The predicted octanol–water partition coefficient (Wildman–Crippen LogP) is 2.42. The van der Waals surface area contributed by atoms with Crippen molar-refractivity contribution in [2.45, 2.75) is 31.9 Å². The Labute approximate surface area is 113 Å². The Balaban J connectivity index is 1.99. The molecule has 1 saturated carbocycles. The second-order valence-electron chi connectivity index (χ2n) is 5.49. The van der Waals surface area contributed by atoms with Crippen LogP contribution in [0.1, 0.15) is 30.7 Å². The summed E-state index contributed by atoms with van der Waals surface area (Å²) in [5, 5.41) is 7.95. The molecule has 0 radical (unpaired) electrons. The van der Waals surface area contributed by atoms with Crippen LogP contribution in [0.5, 0.6) is 0 Å². The van der Waals surface area contributed by atoms with Crippen molar-refractivity contribution in [3.63, 3.8) is 0 Å². The van der Waals surface area contributed by atoms with Gasteiger partial charge in [-0.3, -0.25) is 4.40 Å². The van der Waals surface area contributed by atoms with Gasteiger partial charge in [-0.2, -0.15) is 13.2 Å². The van der Waals surface area contributed by atoms with Gasteiger partial charge in [-0.1, -0.05) is 6.42 Å². The average molecular weight is 284 g/mol. The molecule has 2 aromatic heterocycles. The Morgan fingerprint density at radius 2 is 2.00 bits per heavy atom. The maximum atomic E-state index is 12.8. The van der Waals surface area contributed by atoms with Crippen LogP contribution in [0.25, 0.3) is 5.65 Å². The Hall–Kier alpha value is -1.63. The molecule has 1 fully saturated rings. The highest BCUT2D eigenvalue weighted by Gasteiger charge is 2.37. The molecule has 0 aliphatic heterocycles. The van der Waals surface area contributed by atoms with Gasteiger partial charge < -0.3 is 5.73 Å². The number of nitrogens with two attached hydrogens (primary N) is 1. The van der Waals surface area contributed by atoms with Crippen LogP contribution in [0, 0.1) is 5.41 Å². The van der Waals surface area contributed by atoms with Gasteiger partial charge in [0.2, 0.25) is 0 Å². The average Bonchev–Trinajstić information content (AvgIpc) is 2.75. The van der Waals surface area contributed by atoms with E-state index in [-0.39, 0.29) is 5.41 Å². The summed E-state index contributed by atoms with van der Waals surface area (Å²) in [6, 6.07) is 2.37. The molecule has 1 aliphatic rings. The summed E-state index contributed by atoms with van der Waals surface area (Å²) in [4.78, 5) is 0. The molecule has 108 valence electrons. The Morgan fingerprint density at radius 1 is 1.25 bits per heavy atom. The third kappa shape index (κ3) is 2.15. The molecule has 0 saturated heterocycles. The number of fused-ring (bicyclic) bond motifs is 1. The number of halogens is 3. The van der Waals surface area contributed by atoms with Gasteiger partial charge in [0.1, 0.15) is 5.82 Å². The van der Waals surface area contributed by atoms with Gasteiger partial charge in [-0.05, 0) is 36.9 Å². The molecule has 0 atom stereocenters. The van der Waals surface area contributed by atoms with E-state index in [4.69, 9.17) is 5.73 Å². The monoisotopic (exact) mass is 284 g/mol. The van der Waals surface area contributed by atoms with Crippen LogP contribution in [0.4, 0.5) is 13.2 Å². The third-order valence-electron chi connectivity index (χ3n) is 4.18. The van der Waals surface area contributed by atoms with Crippen molar-refractivity contribution in [2.24, 2.45) is 11.1 Å². The highest BCUT2D eigenvalue weighted by molar-refractivity contribution is 5.40. The minimum absolute atomic E-state index is 0.0167. The summed E-state index contributed by atoms with van der Waals surface area (Å²) in [6.45, 7) is 0.529. The van der Waals surface area contributed by atoms with Crippen molar-refractivity contribution in [1.29, 1.82) is 0 Å². The second kappa shape index (κ2) is 4.44. The predicted molar refractivity (Wildman–Crippen MR) is 67.0 cm³/mol. The smallest absolute Gasteiger partial charge is 0.330 e. The molecule has 0 unspecified atom stereocenters. The quantitative estimate of drug-likeness (QED) is 0.941. The van der Waals surface area contributed by atoms with E-state index in [0.29, 0.717) is 24.4 Å². The zero-order chi connectivity index (χ0) is 14.4. The van der Waals surface area contributed by atoms with Crippen LogP contribution < -0.4 is 5.73 Å². The fourth-order valence-electron chi connectivity index (χ4n) is 2.69. The molecule has 0 amide bonds. The fourth-order valence-corrected chi connectivity index (χ4v) is 2.69. The van der Waals surface area contributed by atoms with Gasteiger partial charge >= 0.3 is 6.18 Å². The maximum absolute atomic E-state index is 12.8. The van der Waals surface area contributed by atoms with Gasteiger partial charge in [0.15, 0.2) is 5.65 Å². The maximum Gasteiger partial charge on any atom is 0.417 e. The Morgan fingerprint density at radius 3 is 2.55 bits per heavy atom. The largest absolute Gasteiger partial charge is 0.417 e. The molecule has 2 aromatic rings. The van der Waals surface area contributed by atoms with Gasteiger partial charge in [-0.15, -0.1) is 10.2 Å². The zero-order valence-electron chi connectivity index (χ0n) is 10.8. The van der Waals surface area contributed by atoms with E-state index in [9.17, 15) is 13.2 Å². The fraction of sp³-hybridized carbons (Fsp3) is 0.538. The number of hydrogen-bond donors (Lipinski definition) is 1. The molecular formula is C13H15F3N4. The van der Waals surface area contributed by atoms with Gasteiger partial charge in [0, 0.05) is 12.6 Å². The highest BCUT2D eigenvalue weighted by Crippen LogP contribution is 2.42. The molecule has 1 aliphatic carbocycles. The molecule has 3 rings (SSSR count). The number of aromatic nitrogens is 3. The van der Waals surface area contributed by atoms with Crippen molar-refractivity contribution in [3.8, 4) is 0 Å². The van der Waals surface area contributed by atoms with E-state index in [1.165, 1.54) is 10.5 Å². The van der Waals surface area contributed by atoms with Crippen molar-refractivity contribution in [1.82, 2.24) is 14.6 Å². The lowest BCUT2D eigenvalue weighted by Crippen LogP contribution is -2.39. The lowest BCUT2D eigenvalue weighted by Gasteiger charge is -2.40. The van der Waals surface area contributed by atoms with Crippen LogP contribution in [0.15, 0.2) is 18.3 Å². The van der Waals surface area contributed by atoms with Gasteiger partial charge in [-0.25, -0.2) is 0 Å². The number of rotatable bonds is 3. The standard InChI is InChI=1S/C13H15F3N4/c14-13(15,16)9-2-3-10-18-19-11(20(10)7-9)6-12(8-17)4-1-5-12/h2-3,7H,1,4-6,8,17H2. The first-order valence-corrected chi connectivity index (χ1v) is 6.54. The van der Waals surface area contributed by atoms with E-state index in [0.717, 1.165) is 31.5 Å². The molecule has 0 bridgehead atoms. The highest BCUT2D eigenvalue weighted by atomic mass is 19.4. The van der Waals surface area contributed by atoms with Crippen molar-refractivity contribution in [2.75, 3.05) is 6.54 Å². The second-order valence-corrected chi connectivity index (χ2v) is 5.49. The van der Waals surface area contributed by atoms with Gasteiger partial charge in [0.05, 0.1) is 5.56 Å². The summed E-state index contributed by atoms with van der Waals surface area (Å²) >= 11 is 0. The van der Waals surface area contributed by atoms with Crippen molar-refractivity contribution in [3.05, 3.63) is 29.7 Å². The van der Waals surface area contributed by atoms with Crippen LogP contribution >= 0.6 is 0 Å². The number of hydrogen-bond acceptors (Lipinski definition) is 3. The lowest BCUT2D eigenvalue weighted by molar-refractivity contribution is -0.137. The van der Waals surface area contributed by atoms with E-state index in [1.54, 1.807) is 0 Å². The van der Waals surface area contributed by atoms with Crippen molar-refractivity contribution < 1.29 is 13.2 Å². The molecule has 2 N–H and O–H groups in total. The number of alkyl halides is 3. The van der Waals surface area contributed by atoms with E-state index in [2.05, 4.69) is 10.2 Å². The van der Waals surface area contributed by atoms with E-state index in [1.807, 2.05) is 0 Å². The Bertz CT molecular complexity index is 623. The minimum Gasteiger partial charge on any atom is -0.330 e. The minimum atomic E-state index is -4.36. The van der Waals surface area contributed by atoms with Crippen molar-refractivity contribution >= 4 is 5.65 Å². The lowest BCUT2D eigenvalue weighted by atomic mass is 9.66. The molecular weight excluding hydrogens is 269 g/mol. The van der Waals surface area contributed by atoms with Crippen LogP contribution in [0.2, 0.25) is 0 Å². The first kappa shape index (κ1) is 13.4. The summed E-state index contributed by atoms with van der Waals surface area (Å²) in [7, 11) is 0. The molecule has 2 heterocycles. The third-order valence-corrected chi connectivity index (χ3v) is 4.18. The zero-order valence-corrected chi connectivity index (χ0v) is 10.8. The van der Waals surface area contributed by atoms with E-state index < -0.39 is 11.7 Å². The number of nitrogens with zero attached hydrogens (tertiary/aromatic N) is 3. The Kier molecular flexibility index (Phi) is 2.97. The summed E-state index contributed by atoms with van der Waals surface area (Å²) < 4.78 is 39.7. The van der Waals surface area contributed by atoms with E-state index >= 15 is 0 Å². The molecule has 0 aromatic carbocycles. The summed E-state index contributed by atoms with van der Waals surface area (Å²) in [6.07, 6.45) is 0.383. The molecule has 7 heteroatoms. The normalized spacial score (nSPS) is 18.2. The first-order valence-electron chi connectivity index (χ1n) is 6.54. The number of pyridine rings is 1.